The molecule has 9 heteroatoms. The molecule has 2 aromatic rings. The lowest BCUT2D eigenvalue weighted by molar-refractivity contribution is -0.152. The van der Waals surface area contributed by atoms with Gasteiger partial charge in [0.25, 0.3) is 5.91 Å². The van der Waals surface area contributed by atoms with Gasteiger partial charge in [-0.2, -0.15) is 0 Å². The van der Waals surface area contributed by atoms with Crippen molar-refractivity contribution in [2.45, 2.75) is 31.7 Å². The molecule has 27 heavy (non-hydrogen) atoms. The minimum absolute atomic E-state index is 0.0443. The van der Waals surface area contributed by atoms with Crippen LogP contribution in [-0.2, 0) is 25.6 Å². The average Bonchev–Trinajstić information content (AvgIpc) is 3.10. The predicted molar refractivity (Wildman–Crippen MR) is 102 cm³/mol. The first kappa shape index (κ1) is 20.9. The van der Waals surface area contributed by atoms with Crippen LogP contribution in [0.2, 0.25) is 0 Å². The van der Waals surface area contributed by atoms with Crippen LogP contribution in [-0.4, -0.2) is 58.8 Å². The summed E-state index contributed by atoms with van der Waals surface area (Å²) < 4.78 is 12.0. The van der Waals surface area contributed by atoms with E-state index >= 15 is 0 Å². The van der Waals surface area contributed by atoms with E-state index in [1.807, 2.05) is 41.8 Å². The summed E-state index contributed by atoms with van der Waals surface area (Å²) in [5, 5.41) is 11.7. The van der Waals surface area contributed by atoms with Crippen LogP contribution in [0.1, 0.15) is 13.8 Å². The second-order valence-corrected chi connectivity index (χ2v) is 6.56. The summed E-state index contributed by atoms with van der Waals surface area (Å²) >= 11 is 1.23. The summed E-state index contributed by atoms with van der Waals surface area (Å²) in [5.41, 5.74) is 0.961. The van der Waals surface area contributed by atoms with Crippen molar-refractivity contribution in [2.75, 3.05) is 26.0 Å². The second kappa shape index (κ2) is 10.7. The first-order valence-electron chi connectivity index (χ1n) is 8.64. The zero-order valence-electron chi connectivity index (χ0n) is 15.7. The van der Waals surface area contributed by atoms with Gasteiger partial charge in [-0.3, -0.25) is 9.59 Å². The largest absolute Gasteiger partial charge is 0.452 e. The number of methoxy groups -OCH3 is 1. The third-order valence-corrected chi connectivity index (χ3v) is 4.61. The number of rotatable bonds is 10. The number of carbonyl (C=O) groups excluding carboxylic acids is 2. The minimum Gasteiger partial charge on any atom is -0.452 e. The number of amides is 1. The van der Waals surface area contributed by atoms with Crippen molar-refractivity contribution in [1.82, 2.24) is 20.1 Å². The fourth-order valence-electron chi connectivity index (χ4n) is 2.31. The molecular weight excluding hydrogens is 368 g/mol. The molecule has 0 bridgehead atoms. The molecule has 1 atom stereocenters. The highest BCUT2D eigenvalue weighted by molar-refractivity contribution is 7.99. The Kier molecular flexibility index (Phi) is 8.28. The van der Waals surface area contributed by atoms with Crippen molar-refractivity contribution in [3.8, 4) is 11.4 Å². The summed E-state index contributed by atoms with van der Waals surface area (Å²) in [6.07, 6.45) is -0.862. The maximum Gasteiger partial charge on any atom is 0.317 e. The normalized spacial score (nSPS) is 11.8. The SMILES string of the molecule is CCn1c(SCC(=O)O[C@@H](C)C(=O)NCCOC)nnc1-c1ccccc1. The number of carbonyl (C=O) groups is 2. The molecule has 0 saturated heterocycles. The highest BCUT2D eigenvalue weighted by Gasteiger charge is 2.19. The van der Waals surface area contributed by atoms with E-state index in [0.29, 0.717) is 24.9 Å². The van der Waals surface area contributed by atoms with Gasteiger partial charge >= 0.3 is 5.97 Å². The van der Waals surface area contributed by atoms with Crippen LogP contribution in [0.15, 0.2) is 35.5 Å². The van der Waals surface area contributed by atoms with Crippen molar-refractivity contribution in [3.05, 3.63) is 30.3 Å². The lowest BCUT2D eigenvalue weighted by atomic mass is 10.2. The topological polar surface area (TPSA) is 95.3 Å². The number of benzene rings is 1. The summed E-state index contributed by atoms with van der Waals surface area (Å²) in [7, 11) is 1.55. The molecule has 8 nitrogen and oxygen atoms in total. The van der Waals surface area contributed by atoms with Gasteiger partial charge in [0.2, 0.25) is 0 Å². The molecule has 1 amide bonds. The highest BCUT2D eigenvalue weighted by Crippen LogP contribution is 2.23. The lowest BCUT2D eigenvalue weighted by Gasteiger charge is -2.13. The van der Waals surface area contributed by atoms with E-state index < -0.39 is 12.1 Å². The fourth-order valence-corrected chi connectivity index (χ4v) is 3.09. The van der Waals surface area contributed by atoms with E-state index in [2.05, 4.69) is 15.5 Å². The Hall–Kier alpha value is -2.39. The number of ether oxygens (including phenoxy) is 2. The molecule has 0 fully saturated rings. The van der Waals surface area contributed by atoms with Gasteiger partial charge in [0.05, 0.1) is 12.4 Å². The Morgan fingerprint density at radius 2 is 2.00 bits per heavy atom. The molecule has 0 aliphatic heterocycles. The zero-order chi connectivity index (χ0) is 19.6. The summed E-state index contributed by atoms with van der Waals surface area (Å²) in [5.74, 6) is -0.0440. The average molecular weight is 392 g/mol. The van der Waals surface area contributed by atoms with E-state index in [9.17, 15) is 9.59 Å². The predicted octanol–water partition coefficient (Wildman–Crippen LogP) is 1.75. The van der Waals surface area contributed by atoms with Crippen LogP contribution in [0.3, 0.4) is 0 Å². The van der Waals surface area contributed by atoms with Crippen molar-refractivity contribution in [2.24, 2.45) is 0 Å². The van der Waals surface area contributed by atoms with Gasteiger partial charge in [-0.05, 0) is 13.8 Å². The number of hydrogen-bond acceptors (Lipinski definition) is 7. The quantitative estimate of drug-likeness (QED) is 0.374. The maximum atomic E-state index is 12.0. The lowest BCUT2D eigenvalue weighted by Crippen LogP contribution is -2.37. The van der Waals surface area contributed by atoms with E-state index in [1.54, 1.807) is 7.11 Å². The van der Waals surface area contributed by atoms with E-state index in [4.69, 9.17) is 9.47 Å². The van der Waals surface area contributed by atoms with Crippen molar-refractivity contribution in [1.29, 1.82) is 0 Å². The van der Waals surface area contributed by atoms with Gasteiger partial charge in [-0.15, -0.1) is 10.2 Å². The van der Waals surface area contributed by atoms with E-state index in [-0.39, 0.29) is 11.7 Å². The monoisotopic (exact) mass is 392 g/mol. The maximum absolute atomic E-state index is 12.0. The molecule has 0 radical (unpaired) electrons. The number of nitrogens with one attached hydrogen (secondary N) is 1. The van der Waals surface area contributed by atoms with E-state index in [1.165, 1.54) is 18.7 Å². The molecule has 1 heterocycles. The minimum atomic E-state index is -0.862. The molecule has 1 N–H and O–H groups in total. The standard InChI is InChI=1S/C18H24N4O4S/c1-4-22-16(14-8-6-5-7-9-14)20-21-18(22)27-12-15(23)26-13(2)17(24)19-10-11-25-3/h5-9,13H,4,10-12H2,1-3H3,(H,19,24)/t13-/m0/s1. The number of nitrogens with zero attached hydrogens (tertiary/aromatic N) is 3. The molecule has 0 aliphatic carbocycles. The van der Waals surface area contributed by atoms with Crippen molar-refractivity contribution >= 4 is 23.6 Å². The highest BCUT2D eigenvalue weighted by atomic mass is 32.2. The van der Waals surface area contributed by atoms with Gasteiger partial charge in [0.1, 0.15) is 0 Å². The Bertz CT molecular complexity index is 751. The fraction of sp³-hybridized carbons (Fsp3) is 0.444. The smallest absolute Gasteiger partial charge is 0.317 e. The van der Waals surface area contributed by atoms with Crippen LogP contribution in [0.25, 0.3) is 11.4 Å². The number of hydrogen-bond donors (Lipinski definition) is 1. The third kappa shape index (κ3) is 6.07. The molecule has 0 aliphatic rings. The van der Waals surface area contributed by atoms with Crippen LogP contribution < -0.4 is 5.32 Å². The van der Waals surface area contributed by atoms with E-state index in [0.717, 1.165) is 11.4 Å². The first-order valence-corrected chi connectivity index (χ1v) is 9.62. The Morgan fingerprint density at radius 3 is 2.67 bits per heavy atom. The summed E-state index contributed by atoms with van der Waals surface area (Å²) in [4.78, 5) is 23.8. The van der Waals surface area contributed by atoms with Crippen LogP contribution in [0.4, 0.5) is 0 Å². The molecule has 1 aromatic carbocycles. The molecule has 0 saturated carbocycles. The number of thioether (sulfide) groups is 1. The van der Waals surface area contributed by atoms with Gasteiger partial charge in [-0.1, -0.05) is 42.1 Å². The van der Waals surface area contributed by atoms with Crippen LogP contribution in [0.5, 0.6) is 0 Å². The number of esters is 1. The van der Waals surface area contributed by atoms with Crippen LogP contribution in [0, 0.1) is 0 Å². The van der Waals surface area contributed by atoms with Gasteiger partial charge in [0.15, 0.2) is 17.1 Å². The Labute approximate surface area is 162 Å². The van der Waals surface area contributed by atoms with Crippen molar-refractivity contribution < 1.29 is 19.1 Å². The Balaban J connectivity index is 1.90. The molecular formula is C18H24N4O4S. The summed E-state index contributed by atoms with van der Waals surface area (Å²) in [6, 6.07) is 9.74. The number of aromatic nitrogens is 3. The molecule has 1 aromatic heterocycles. The summed E-state index contributed by atoms with van der Waals surface area (Å²) in [6.45, 7) is 4.97. The van der Waals surface area contributed by atoms with Crippen molar-refractivity contribution in [3.63, 3.8) is 0 Å². The van der Waals surface area contributed by atoms with Crippen LogP contribution >= 0.6 is 11.8 Å². The third-order valence-electron chi connectivity index (χ3n) is 3.67. The zero-order valence-corrected chi connectivity index (χ0v) is 16.5. The molecule has 2 rings (SSSR count). The van der Waals surface area contributed by atoms with Gasteiger partial charge < -0.3 is 19.4 Å². The molecule has 0 spiro atoms. The van der Waals surface area contributed by atoms with Gasteiger partial charge in [-0.25, -0.2) is 0 Å². The first-order chi connectivity index (χ1) is 13.1. The molecule has 146 valence electrons. The van der Waals surface area contributed by atoms with Gasteiger partial charge in [0, 0.05) is 25.8 Å². The second-order valence-electron chi connectivity index (χ2n) is 5.62. The molecule has 0 unspecified atom stereocenters. The Morgan fingerprint density at radius 1 is 1.26 bits per heavy atom.